The van der Waals surface area contributed by atoms with Gasteiger partial charge in [0.1, 0.15) is 5.82 Å². The summed E-state index contributed by atoms with van der Waals surface area (Å²) in [6.45, 7) is 0.974. The van der Waals surface area contributed by atoms with Crippen molar-refractivity contribution in [2.24, 2.45) is 17.6 Å². The smallest absolute Gasteiger partial charge is 0.243 e. The van der Waals surface area contributed by atoms with Crippen LogP contribution in [0.5, 0.6) is 0 Å². The number of fused-ring (bicyclic) bond motifs is 1. The van der Waals surface area contributed by atoms with E-state index in [9.17, 15) is 12.8 Å². The Morgan fingerprint density at radius 2 is 2.00 bits per heavy atom. The highest BCUT2D eigenvalue weighted by atomic mass is 35.5. The summed E-state index contributed by atoms with van der Waals surface area (Å²) < 4.78 is 39.5. The van der Waals surface area contributed by atoms with E-state index in [1.807, 2.05) is 0 Å². The van der Waals surface area contributed by atoms with Crippen LogP contribution in [0.1, 0.15) is 12.8 Å². The van der Waals surface area contributed by atoms with Gasteiger partial charge in [0, 0.05) is 19.1 Å². The Labute approximate surface area is 124 Å². The summed E-state index contributed by atoms with van der Waals surface area (Å²) in [4.78, 5) is 0.0287. The van der Waals surface area contributed by atoms with E-state index in [2.05, 4.69) is 0 Å². The Morgan fingerprint density at radius 1 is 1.25 bits per heavy atom. The third-order valence-corrected chi connectivity index (χ3v) is 6.14. The lowest BCUT2D eigenvalue weighted by Crippen LogP contribution is -2.33. The Bertz CT molecular complexity index is 596. The van der Waals surface area contributed by atoms with Crippen molar-refractivity contribution in [3.8, 4) is 0 Å². The first kappa shape index (κ1) is 15.7. The van der Waals surface area contributed by atoms with Crippen LogP contribution in [0, 0.1) is 17.7 Å². The maximum atomic E-state index is 13.2. The zero-order chi connectivity index (χ0) is 13.6. The second kappa shape index (κ2) is 5.60. The molecule has 3 unspecified atom stereocenters. The lowest BCUT2D eigenvalue weighted by atomic mass is 9.98. The standard InChI is InChI=1S/C13H17FN2O2S.ClH/c14-10-2-1-3-11(6-10)19(17,18)16-7-9-4-5-13(15)12(9)8-16;/h1-3,6,9,12-13H,4-5,7-8,15H2;1H. The summed E-state index contributed by atoms with van der Waals surface area (Å²) in [6, 6.07) is 5.27. The van der Waals surface area contributed by atoms with Crippen molar-refractivity contribution in [2.45, 2.75) is 23.8 Å². The second-order valence-corrected chi connectivity index (χ2v) is 7.38. The number of hydrogen-bond acceptors (Lipinski definition) is 3. The van der Waals surface area contributed by atoms with Crippen molar-refractivity contribution < 1.29 is 12.8 Å². The van der Waals surface area contributed by atoms with Crippen molar-refractivity contribution in [3.05, 3.63) is 30.1 Å². The minimum atomic E-state index is -3.59. The van der Waals surface area contributed by atoms with Gasteiger partial charge in [-0.15, -0.1) is 12.4 Å². The number of halogens is 2. The average Bonchev–Trinajstić information content (AvgIpc) is 2.92. The fraction of sp³-hybridized carbons (Fsp3) is 0.538. The largest absolute Gasteiger partial charge is 0.327 e. The molecular formula is C13H18ClFN2O2S. The molecule has 0 radical (unpaired) electrons. The first-order valence-electron chi connectivity index (χ1n) is 6.50. The summed E-state index contributed by atoms with van der Waals surface area (Å²) in [5, 5.41) is 0. The average molecular weight is 321 g/mol. The highest BCUT2D eigenvalue weighted by Gasteiger charge is 2.45. The lowest BCUT2D eigenvalue weighted by molar-refractivity contribution is 0.426. The lowest BCUT2D eigenvalue weighted by Gasteiger charge is -2.18. The summed E-state index contributed by atoms with van der Waals surface area (Å²) in [6.07, 6.45) is 1.96. The summed E-state index contributed by atoms with van der Waals surface area (Å²) in [5.74, 6) is 0.0823. The van der Waals surface area contributed by atoms with Crippen LogP contribution in [0.4, 0.5) is 4.39 Å². The van der Waals surface area contributed by atoms with Gasteiger partial charge in [0.25, 0.3) is 0 Å². The fourth-order valence-corrected chi connectivity index (χ4v) is 4.81. The van der Waals surface area contributed by atoms with E-state index < -0.39 is 15.8 Å². The quantitative estimate of drug-likeness (QED) is 0.900. The van der Waals surface area contributed by atoms with Gasteiger partial charge in [-0.25, -0.2) is 12.8 Å². The number of hydrogen-bond donors (Lipinski definition) is 1. The van der Waals surface area contributed by atoms with Gasteiger partial charge < -0.3 is 5.73 Å². The van der Waals surface area contributed by atoms with Crippen LogP contribution in [-0.4, -0.2) is 31.9 Å². The zero-order valence-electron chi connectivity index (χ0n) is 10.9. The zero-order valence-corrected chi connectivity index (χ0v) is 12.5. The SMILES string of the molecule is Cl.NC1CCC2CN(S(=O)(=O)c3cccc(F)c3)CC12. The molecule has 3 atom stereocenters. The first-order chi connectivity index (χ1) is 8.98. The third-order valence-electron chi connectivity index (χ3n) is 4.31. The molecule has 1 aromatic carbocycles. The van der Waals surface area contributed by atoms with E-state index in [0.717, 1.165) is 18.9 Å². The second-order valence-electron chi connectivity index (χ2n) is 5.44. The maximum absolute atomic E-state index is 13.2. The number of sulfonamides is 1. The van der Waals surface area contributed by atoms with Crippen LogP contribution in [-0.2, 0) is 10.0 Å². The van der Waals surface area contributed by atoms with Gasteiger partial charge in [-0.1, -0.05) is 6.07 Å². The molecule has 112 valence electrons. The highest BCUT2D eigenvalue weighted by Crippen LogP contribution is 2.39. The van der Waals surface area contributed by atoms with Gasteiger partial charge in [-0.3, -0.25) is 0 Å². The molecule has 2 N–H and O–H groups in total. The van der Waals surface area contributed by atoms with Crippen LogP contribution in [0.25, 0.3) is 0 Å². The Kier molecular flexibility index (Phi) is 4.39. The van der Waals surface area contributed by atoms with Gasteiger partial charge in [0.15, 0.2) is 0 Å². The Balaban J connectivity index is 0.00000147. The fourth-order valence-electron chi connectivity index (χ4n) is 3.24. The predicted octanol–water partition coefficient (Wildman–Crippen LogP) is 1.61. The molecule has 1 heterocycles. The van der Waals surface area contributed by atoms with Crippen LogP contribution < -0.4 is 5.73 Å². The van der Waals surface area contributed by atoms with E-state index in [1.54, 1.807) is 0 Å². The van der Waals surface area contributed by atoms with Gasteiger partial charge >= 0.3 is 0 Å². The normalized spacial score (nSPS) is 30.0. The molecule has 1 saturated heterocycles. The minimum absolute atomic E-state index is 0. The van der Waals surface area contributed by atoms with Gasteiger partial charge in [-0.2, -0.15) is 4.31 Å². The molecule has 1 saturated carbocycles. The maximum Gasteiger partial charge on any atom is 0.243 e. The van der Waals surface area contributed by atoms with Crippen LogP contribution in [0.3, 0.4) is 0 Å². The van der Waals surface area contributed by atoms with E-state index in [4.69, 9.17) is 5.73 Å². The molecule has 2 aliphatic rings. The van der Waals surface area contributed by atoms with Crippen molar-refractivity contribution in [3.63, 3.8) is 0 Å². The number of nitrogens with zero attached hydrogens (tertiary/aromatic N) is 1. The summed E-state index contributed by atoms with van der Waals surface area (Å²) in [5.41, 5.74) is 6.01. The van der Waals surface area contributed by atoms with E-state index in [-0.39, 0.29) is 29.3 Å². The van der Waals surface area contributed by atoms with E-state index in [1.165, 1.54) is 22.5 Å². The van der Waals surface area contributed by atoms with E-state index in [0.29, 0.717) is 19.0 Å². The molecule has 3 rings (SSSR count). The third kappa shape index (κ3) is 2.57. The van der Waals surface area contributed by atoms with Gasteiger partial charge in [-0.05, 0) is 42.9 Å². The molecule has 0 bridgehead atoms. The van der Waals surface area contributed by atoms with Crippen LogP contribution >= 0.6 is 12.4 Å². The molecule has 2 fully saturated rings. The molecule has 4 nitrogen and oxygen atoms in total. The molecule has 0 spiro atoms. The monoisotopic (exact) mass is 320 g/mol. The molecule has 0 amide bonds. The van der Waals surface area contributed by atoms with Gasteiger partial charge in [0.2, 0.25) is 10.0 Å². The molecule has 1 aliphatic carbocycles. The molecular weight excluding hydrogens is 303 g/mol. The highest BCUT2D eigenvalue weighted by molar-refractivity contribution is 7.89. The predicted molar refractivity (Wildman–Crippen MR) is 76.6 cm³/mol. The van der Waals surface area contributed by atoms with Crippen molar-refractivity contribution in [1.82, 2.24) is 4.31 Å². The number of nitrogens with two attached hydrogens (primary N) is 1. The van der Waals surface area contributed by atoms with Crippen molar-refractivity contribution in [1.29, 1.82) is 0 Å². The Morgan fingerprint density at radius 3 is 2.65 bits per heavy atom. The minimum Gasteiger partial charge on any atom is -0.327 e. The number of benzene rings is 1. The molecule has 1 aliphatic heterocycles. The molecule has 20 heavy (non-hydrogen) atoms. The van der Waals surface area contributed by atoms with Crippen molar-refractivity contribution >= 4 is 22.4 Å². The first-order valence-corrected chi connectivity index (χ1v) is 7.94. The molecule has 1 aromatic rings. The number of rotatable bonds is 2. The topological polar surface area (TPSA) is 63.4 Å². The van der Waals surface area contributed by atoms with E-state index >= 15 is 0 Å². The molecule has 0 aromatic heterocycles. The summed E-state index contributed by atoms with van der Waals surface area (Å²) >= 11 is 0. The van der Waals surface area contributed by atoms with Crippen molar-refractivity contribution in [2.75, 3.05) is 13.1 Å². The summed E-state index contributed by atoms with van der Waals surface area (Å²) in [7, 11) is -3.59. The van der Waals surface area contributed by atoms with Crippen LogP contribution in [0.15, 0.2) is 29.2 Å². The Hall–Kier alpha value is -0.690. The molecule has 7 heteroatoms. The van der Waals surface area contributed by atoms with Crippen LogP contribution in [0.2, 0.25) is 0 Å². The van der Waals surface area contributed by atoms with Gasteiger partial charge in [0.05, 0.1) is 4.90 Å².